The normalized spacial score (nSPS) is 5.15. The fourth-order valence-corrected chi connectivity index (χ4v) is 0.589. The van der Waals surface area contributed by atoms with Crippen LogP contribution in [0.4, 0.5) is 14.1 Å². The Morgan fingerprint density at radius 3 is 1.54 bits per heavy atom. The second-order valence-corrected chi connectivity index (χ2v) is 1.82. The SMILES string of the molecule is F.F.F.OB(O)O.[K+].[c-]1cccs1. The van der Waals surface area contributed by atoms with E-state index in [2.05, 4.69) is 5.38 Å². The van der Waals surface area contributed by atoms with Gasteiger partial charge in [-0.2, -0.15) is 11.4 Å². The summed E-state index contributed by atoms with van der Waals surface area (Å²) in [4.78, 5) is 0. The molecule has 0 saturated heterocycles. The van der Waals surface area contributed by atoms with Gasteiger partial charge in [0.15, 0.2) is 0 Å². The van der Waals surface area contributed by atoms with Gasteiger partial charge in [0.1, 0.15) is 0 Å². The average molecular weight is 244 g/mol. The number of hydrogen-bond donors (Lipinski definition) is 3. The van der Waals surface area contributed by atoms with Crippen LogP contribution in [0.15, 0.2) is 17.5 Å². The van der Waals surface area contributed by atoms with Crippen LogP contribution >= 0.6 is 11.3 Å². The van der Waals surface area contributed by atoms with E-state index in [1.807, 2.05) is 17.5 Å². The number of halogens is 3. The maximum absolute atomic E-state index is 7.17. The van der Waals surface area contributed by atoms with Crippen molar-refractivity contribution in [2.75, 3.05) is 0 Å². The van der Waals surface area contributed by atoms with Gasteiger partial charge in [-0.1, -0.05) is 0 Å². The molecule has 13 heavy (non-hydrogen) atoms. The van der Waals surface area contributed by atoms with Gasteiger partial charge < -0.3 is 26.4 Å². The van der Waals surface area contributed by atoms with Crippen LogP contribution < -0.4 is 51.4 Å². The molecule has 1 rings (SSSR count). The van der Waals surface area contributed by atoms with Crippen molar-refractivity contribution in [1.29, 1.82) is 0 Å². The summed E-state index contributed by atoms with van der Waals surface area (Å²) < 4.78 is 0. The molecule has 0 amide bonds. The van der Waals surface area contributed by atoms with Gasteiger partial charge in [0.2, 0.25) is 0 Å². The van der Waals surface area contributed by atoms with Crippen LogP contribution in [-0.4, -0.2) is 22.4 Å². The minimum absolute atomic E-state index is 0. The molecule has 0 atom stereocenters. The molecule has 0 spiro atoms. The fraction of sp³-hybridized carbons (Fsp3) is 0. The van der Waals surface area contributed by atoms with Crippen LogP contribution in [0.3, 0.4) is 0 Å². The van der Waals surface area contributed by atoms with Crippen LogP contribution in [-0.2, 0) is 0 Å². The molecule has 0 aliphatic heterocycles. The Morgan fingerprint density at radius 2 is 1.46 bits per heavy atom. The van der Waals surface area contributed by atoms with Crippen LogP contribution in [0.2, 0.25) is 0 Å². The number of hydrogen-bond acceptors (Lipinski definition) is 4. The van der Waals surface area contributed by atoms with Crippen molar-refractivity contribution in [3.05, 3.63) is 22.9 Å². The Morgan fingerprint density at radius 1 is 1.08 bits per heavy atom. The summed E-state index contributed by atoms with van der Waals surface area (Å²) in [6.07, 6.45) is 0. The molecule has 0 radical (unpaired) electrons. The molecule has 0 aliphatic carbocycles. The number of rotatable bonds is 0. The quantitative estimate of drug-likeness (QED) is 0.336. The summed E-state index contributed by atoms with van der Waals surface area (Å²) in [7, 11) is -2.17. The molecule has 0 unspecified atom stereocenters. The summed E-state index contributed by atoms with van der Waals surface area (Å²) in [6.45, 7) is 0. The van der Waals surface area contributed by atoms with E-state index in [0.717, 1.165) is 0 Å². The molecule has 0 aliphatic rings. The molecule has 1 aromatic heterocycles. The predicted octanol–water partition coefficient (Wildman–Crippen LogP) is -3.04. The molecule has 1 aromatic rings. The van der Waals surface area contributed by atoms with Crippen molar-refractivity contribution < 1.29 is 80.6 Å². The predicted molar refractivity (Wildman–Crippen MR) is 43.1 cm³/mol. The Balaban J connectivity index is -0.0000000256. The van der Waals surface area contributed by atoms with Gasteiger partial charge in [0.25, 0.3) is 0 Å². The Bertz CT molecular complexity index is 114. The second kappa shape index (κ2) is 23.1. The van der Waals surface area contributed by atoms with E-state index in [1.54, 1.807) is 11.3 Å². The Labute approximate surface area is 120 Å². The molecule has 3 nitrogen and oxygen atoms in total. The maximum atomic E-state index is 7.17. The largest absolute Gasteiger partial charge is 1.00 e. The second-order valence-electron chi connectivity index (χ2n) is 1.08. The molecule has 0 fully saturated rings. The van der Waals surface area contributed by atoms with E-state index in [1.165, 1.54) is 0 Å². The van der Waals surface area contributed by atoms with Gasteiger partial charge in [-0.15, -0.1) is 5.38 Å². The van der Waals surface area contributed by atoms with Gasteiger partial charge in [0.05, 0.1) is 0 Å². The summed E-state index contributed by atoms with van der Waals surface area (Å²) >= 11 is 1.59. The molecule has 9 heteroatoms. The van der Waals surface area contributed by atoms with Crippen molar-refractivity contribution in [3.8, 4) is 0 Å². The summed E-state index contributed by atoms with van der Waals surface area (Å²) in [6, 6.07) is 3.86. The Kier molecular flexibility index (Phi) is 52.0. The third-order valence-corrected chi connectivity index (χ3v) is 0.944. The maximum Gasteiger partial charge on any atom is 1.00 e. The monoisotopic (exact) mass is 244 g/mol. The van der Waals surface area contributed by atoms with Crippen LogP contribution in [0.25, 0.3) is 0 Å². The van der Waals surface area contributed by atoms with E-state index in [9.17, 15) is 0 Å². The summed E-state index contributed by atoms with van der Waals surface area (Å²) in [5.41, 5.74) is 0. The van der Waals surface area contributed by atoms with Gasteiger partial charge in [-0.3, -0.25) is 14.1 Å². The first kappa shape index (κ1) is 29.2. The van der Waals surface area contributed by atoms with Gasteiger partial charge in [-0.25, -0.2) is 6.07 Å². The van der Waals surface area contributed by atoms with Gasteiger partial charge >= 0.3 is 58.7 Å². The zero-order chi connectivity index (χ0) is 7.11. The van der Waals surface area contributed by atoms with Crippen molar-refractivity contribution >= 4 is 18.7 Å². The molecular formula is C4H9BF3KO3S. The molecule has 0 aromatic carbocycles. The summed E-state index contributed by atoms with van der Waals surface area (Å²) in [5.74, 6) is 0. The summed E-state index contributed by atoms with van der Waals surface area (Å²) in [5, 5.41) is 26.4. The molecule has 0 saturated carbocycles. The van der Waals surface area contributed by atoms with E-state index in [-0.39, 0.29) is 65.5 Å². The van der Waals surface area contributed by atoms with Crippen molar-refractivity contribution in [2.45, 2.75) is 0 Å². The molecule has 0 bridgehead atoms. The first-order valence-electron chi connectivity index (χ1n) is 2.17. The van der Waals surface area contributed by atoms with Crippen LogP contribution in [0.5, 0.6) is 0 Å². The average Bonchev–Trinajstić information content (AvgIpc) is 2.11. The minimum atomic E-state index is -2.17. The van der Waals surface area contributed by atoms with E-state index < -0.39 is 7.32 Å². The van der Waals surface area contributed by atoms with Crippen LogP contribution in [0, 0.1) is 5.38 Å². The molecule has 1 heterocycles. The van der Waals surface area contributed by atoms with E-state index >= 15 is 0 Å². The number of thiophene rings is 1. The fourth-order valence-electron chi connectivity index (χ4n) is 0.196. The standard InChI is InChI=1S/C4H3S.BH3O3.3FH.K/c1-2-4-5-3-1;2-1(3)4;;;;/h1-3H;2-4H;3*1H;/q-1;;;;;+1. The van der Waals surface area contributed by atoms with E-state index in [0.29, 0.717) is 0 Å². The molecular weight excluding hydrogens is 235 g/mol. The van der Waals surface area contributed by atoms with E-state index in [4.69, 9.17) is 15.1 Å². The van der Waals surface area contributed by atoms with Gasteiger partial charge in [-0.05, 0) is 0 Å². The minimum Gasteiger partial charge on any atom is -0.402 e. The Hall–Kier alpha value is 1.07. The van der Waals surface area contributed by atoms with Gasteiger partial charge in [0, 0.05) is 0 Å². The van der Waals surface area contributed by atoms with Crippen molar-refractivity contribution in [2.24, 2.45) is 0 Å². The van der Waals surface area contributed by atoms with Crippen molar-refractivity contribution in [1.82, 2.24) is 0 Å². The smallest absolute Gasteiger partial charge is 0.402 e. The topological polar surface area (TPSA) is 60.7 Å². The third-order valence-electron chi connectivity index (χ3n) is 0.379. The zero-order valence-corrected chi connectivity index (χ0v) is 10.7. The molecule has 3 N–H and O–H groups in total. The van der Waals surface area contributed by atoms with Crippen molar-refractivity contribution in [3.63, 3.8) is 0 Å². The zero-order valence-electron chi connectivity index (χ0n) is 6.78. The third kappa shape index (κ3) is 43.5. The first-order chi connectivity index (χ1) is 4.23. The molecule has 74 valence electrons. The first-order valence-corrected chi connectivity index (χ1v) is 3.05. The van der Waals surface area contributed by atoms with Crippen LogP contribution in [0.1, 0.15) is 0 Å².